The van der Waals surface area contributed by atoms with Gasteiger partial charge in [-0.2, -0.15) is 0 Å². The van der Waals surface area contributed by atoms with E-state index < -0.39 is 5.60 Å². The summed E-state index contributed by atoms with van der Waals surface area (Å²) in [6, 6.07) is 5.06. The summed E-state index contributed by atoms with van der Waals surface area (Å²) in [6.07, 6.45) is 0.578. The number of carbonyl (C=O) groups excluding carboxylic acids is 1. The van der Waals surface area contributed by atoms with Crippen LogP contribution in [0.1, 0.15) is 30.6 Å². The number of nitrogens with one attached hydrogen (secondary N) is 1. The first kappa shape index (κ1) is 13.7. The van der Waals surface area contributed by atoms with Gasteiger partial charge in [-0.3, -0.25) is 4.79 Å². The Hall–Kier alpha value is -1.75. The lowest BCUT2D eigenvalue weighted by atomic mass is 10.0. The van der Waals surface area contributed by atoms with Crippen molar-refractivity contribution in [3.05, 3.63) is 23.8 Å². The van der Waals surface area contributed by atoms with Gasteiger partial charge >= 0.3 is 0 Å². The van der Waals surface area contributed by atoms with Crippen LogP contribution in [0.3, 0.4) is 0 Å². The first-order chi connectivity index (χ1) is 9.02. The van der Waals surface area contributed by atoms with Crippen LogP contribution in [-0.2, 0) is 0 Å². The zero-order valence-electron chi connectivity index (χ0n) is 11.2. The zero-order chi connectivity index (χ0) is 13.9. The molecule has 0 saturated carbocycles. The lowest BCUT2D eigenvalue weighted by molar-refractivity contribution is 0.0518. The van der Waals surface area contributed by atoms with Crippen LogP contribution in [-0.4, -0.2) is 36.4 Å². The number of fused-ring (bicyclic) bond motifs is 1. The molecule has 1 unspecified atom stereocenters. The predicted octanol–water partition coefficient (Wildman–Crippen LogP) is 1.35. The minimum Gasteiger partial charge on any atom is -0.486 e. The van der Waals surface area contributed by atoms with E-state index in [0.29, 0.717) is 36.7 Å². The van der Waals surface area contributed by atoms with E-state index in [4.69, 9.17) is 9.47 Å². The van der Waals surface area contributed by atoms with E-state index in [-0.39, 0.29) is 12.5 Å². The van der Waals surface area contributed by atoms with Gasteiger partial charge in [-0.05, 0) is 31.5 Å². The number of aliphatic hydroxyl groups is 1. The molecule has 0 aliphatic carbocycles. The molecule has 104 valence electrons. The average Bonchev–Trinajstić information content (AvgIpc) is 2.44. The maximum atomic E-state index is 12.0. The van der Waals surface area contributed by atoms with E-state index in [2.05, 4.69) is 5.32 Å². The van der Waals surface area contributed by atoms with Crippen LogP contribution >= 0.6 is 0 Å². The summed E-state index contributed by atoms with van der Waals surface area (Å²) in [5.74, 6) is 1.01. The van der Waals surface area contributed by atoms with E-state index in [1.807, 2.05) is 6.92 Å². The number of amides is 1. The molecule has 1 atom stereocenters. The Balaban J connectivity index is 2.03. The minimum absolute atomic E-state index is 0.219. The predicted molar refractivity (Wildman–Crippen MR) is 70.7 cm³/mol. The van der Waals surface area contributed by atoms with Crippen molar-refractivity contribution in [2.24, 2.45) is 0 Å². The van der Waals surface area contributed by atoms with Crippen molar-refractivity contribution in [2.45, 2.75) is 25.9 Å². The summed E-state index contributed by atoms with van der Waals surface area (Å²) in [4.78, 5) is 12.0. The molecule has 19 heavy (non-hydrogen) atoms. The Bertz CT molecular complexity index is 471. The van der Waals surface area contributed by atoms with Crippen molar-refractivity contribution in [1.29, 1.82) is 0 Å². The van der Waals surface area contributed by atoms with Gasteiger partial charge in [0.15, 0.2) is 11.5 Å². The van der Waals surface area contributed by atoms with Gasteiger partial charge in [0.1, 0.15) is 13.2 Å². The van der Waals surface area contributed by atoms with Gasteiger partial charge in [0, 0.05) is 12.1 Å². The lowest BCUT2D eigenvalue weighted by Gasteiger charge is -2.22. The van der Waals surface area contributed by atoms with Crippen molar-refractivity contribution in [1.82, 2.24) is 5.32 Å². The molecule has 0 fully saturated rings. The van der Waals surface area contributed by atoms with Crippen molar-refractivity contribution >= 4 is 5.91 Å². The van der Waals surface area contributed by atoms with Gasteiger partial charge in [0.2, 0.25) is 0 Å². The number of benzene rings is 1. The van der Waals surface area contributed by atoms with Gasteiger partial charge in [0.25, 0.3) is 5.91 Å². The molecule has 1 amide bonds. The van der Waals surface area contributed by atoms with Crippen molar-refractivity contribution in [3.8, 4) is 11.5 Å². The molecule has 2 N–H and O–H groups in total. The SMILES string of the molecule is CCC(C)(O)CNC(=O)c1ccc2c(c1)OCCO2. The molecular weight excluding hydrogens is 246 g/mol. The summed E-state index contributed by atoms with van der Waals surface area (Å²) in [7, 11) is 0. The minimum atomic E-state index is -0.885. The van der Waals surface area contributed by atoms with E-state index in [0.717, 1.165) is 0 Å². The lowest BCUT2D eigenvalue weighted by Crippen LogP contribution is -2.40. The highest BCUT2D eigenvalue weighted by atomic mass is 16.6. The van der Waals surface area contributed by atoms with Crippen LogP contribution in [0.2, 0.25) is 0 Å². The molecule has 0 bridgehead atoms. The highest BCUT2D eigenvalue weighted by molar-refractivity contribution is 5.94. The second-order valence-electron chi connectivity index (χ2n) is 4.89. The van der Waals surface area contributed by atoms with Crippen molar-refractivity contribution in [3.63, 3.8) is 0 Å². The molecule has 5 nitrogen and oxygen atoms in total. The molecular formula is C14H19NO4. The first-order valence-corrected chi connectivity index (χ1v) is 6.42. The third kappa shape index (κ3) is 3.38. The second kappa shape index (κ2) is 5.48. The highest BCUT2D eigenvalue weighted by Gasteiger charge is 2.20. The molecule has 1 heterocycles. The Morgan fingerprint density at radius 3 is 2.74 bits per heavy atom. The Labute approximate surface area is 112 Å². The smallest absolute Gasteiger partial charge is 0.251 e. The first-order valence-electron chi connectivity index (χ1n) is 6.42. The van der Waals surface area contributed by atoms with Crippen LogP contribution in [0, 0.1) is 0 Å². The molecule has 0 aromatic heterocycles. The quantitative estimate of drug-likeness (QED) is 0.862. The van der Waals surface area contributed by atoms with Gasteiger partial charge in [-0.25, -0.2) is 0 Å². The number of ether oxygens (including phenoxy) is 2. The fourth-order valence-electron chi connectivity index (χ4n) is 1.68. The number of carbonyl (C=O) groups is 1. The third-order valence-corrected chi connectivity index (χ3v) is 3.20. The average molecular weight is 265 g/mol. The largest absolute Gasteiger partial charge is 0.486 e. The Morgan fingerprint density at radius 1 is 1.37 bits per heavy atom. The van der Waals surface area contributed by atoms with Gasteiger partial charge < -0.3 is 19.9 Å². The second-order valence-corrected chi connectivity index (χ2v) is 4.89. The molecule has 0 radical (unpaired) electrons. The van der Waals surface area contributed by atoms with Crippen LogP contribution < -0.4 is 14.8 Å². The van der Waals surface area contributed by atoms with Crippen LogP contribution in [0.4, 0.5) is 0 Å². The highest BCUT2D eigenvalue weighted by Crippen LogP contribution is 2.30. The Morgan fingerprint density at radius 2 is 2.05 bits per heavy atom. The number of hydrogen-bond acceptors (Lipinski definition) is 4. The Kier molecular flexibility index (Phi) is 3.95. The van der Waals surface area contributed by atoms with E-state index in [1.165, 1.54) is 0 Å². The molecule has 1 aromatic rings. The molecule has 1 aromatic carbocycles. The fraction of sp³-hybridized carbons (Fsp3) is 0.500. The summed E-state index contributed by atoms with van der Waals surface area (Å²) >= 11 is 0. The van der Waals surface area contributed by atoms with Crippen molar-refractivity contribution in [2.75, 3.05) is 19.8 Å². The van der Waals surface area contributed by atoms with Crippen molar-refractivity contribution < 1.29 is 19.4 Å². The van der Waals surface area contributed by atoms with E-state index >= 15 is 0 Å². The summed E-state index contributed by atoms with van der Waals surface area (Å²) < 4.78 is 10.8. The van der Waals surface area contributed by atoms with Gasteiger partial charge in [-0.1, -0.05) is 6.92 Å². The molecule has 5 heteroatoms. The van der Waals surface area contributed by atoms with Crippen LogP contribution in [0.15, 0.2) is 18.2 Å². The zero-order valence-corrected chi connectivity index (χ0v) is 11.2. The standard InChI is InChI=1S/C14H19NO4/c1-3-14(2,17)9-15-13(16)10-4-5-11-12(8-10)19-7-6-18-11/h4-5,8,17H,3,6-7,9H2,1-2H3,(H,15,16). The van der Waals surface area contributed by atoms with Crippen LogP contribution in [0.5, 0.6) is 11.5 Å². The molecule has 0 saturated heterocycles. The van der Waals surface area contributed by atoms with E-state index in [1.54, 1.807) is 25.1 Å². The molecule has 0 spiro atoms. The monoisotopic (exact) mass is 265 g/mol. The molecule has 2 rings (SSSR count). The third-order valence-electron chi connectivity index (χ3n) is 3.20. The fourth-order valence-corrected chi connectivity index (χ4v) is 1.68. The topological polar surface area (TPSA) is 67.8 Å². The number of rotatable bonds is 4. The number of hydrogen-bond donors (Lipinski definition) is 2. The summed E-state index contributed by atoms with van der Waals surface area (Å²) in [5.41, 5.74) is -0.389. The van der Waals surface area contributed by atoms with E-state index in [9.17, 15) is 9.90 Å². The molecule has 1 aliphatic rings. The molecule has 1 aliphatic heterocycles. The van der Waals surface area contributed by atoms with Gasteiger partial charge in [0.05, 0.1) is 5.60 Å². The van der Waals surface area contributed by atoms with Crippen LogP contribution in [0.25, 0.3) is 0 Å². The van der Waals surface area contributed by atoms with Gasteiger partial charge in [-0.15, -0.1) is 0 Å². The summed E-state index contributed by atoms with van der Waals surface area (Å²) in [5, 5.41) is 12.6. The maximum Gasteiger partial charge on any atom is 0.251 e. The summed E-state index contributed by atoms with van der Waals surface area (Å²) in [6.45, 7) is 4.80. The normalized spacial score (nSPS) is 16.6. The maximum absolute atomic E-state index is 12.0.